The molecule has 4 aliphatic carbocycles. The van der Waals surface area contributed by atoms with Gasteiger partial charge in [-0.3, -0.25) is 0 Å². The van der Waals surface area contributed by atoms with Crippen LogP contribution in [0.3, 0.4) is 0 Å². The minimum atomic E-state index is 0.119. The van der Waals surface area contributed by atoms with Gasteiger partial charge in [0.05, 0.1) is 17.8 Å². The van der Waals surface area contributed by atoms with Crippen LogP contribution in [0.15, 0.2) is 35.0 Å². The lowest BCUT2D eigenvalue weighted by Crippen LogP contribution is -2.62. The van der Waals surface area contributed by atoms with E-state index < -0.39 is 0 Å². The number of fused-ring (bicyclic) bond motifs is 1. The molecule has 0 N–H and O–H groups in total. The van der Waals surface area contributed by atoms with E-state index in [0.717, 1.165) is 29.4 Å². The number of hydrogen-bond acceptors (Lipinski definition) is 3. The molecule has 0 saturated heterocycles. The van der Waals surface area contributed by atoms with Crippen molar-refractivity contribution in [2.45, 2.75) is 57.5 Å². The molecule has 1 aromatic carbocycles. The zero-order valence-corrected chi connectivity index (χ0v) is 15.1. The Kier molecular flexibility index (Phi) is 2.70. The zero-order valence-electron chi connectivity index (χ0n) is 15.1. The number of aromatic nitrogens is 1. The summed E-state index contributed by atoms with van der Waals surface area (Å²) >= 11 is 0. The van der Waals surface area contributed by atoms with Gasteiger partial charge in [-0.05, 0) is 81.3 Å². The molecule has 130 valence electrons. The van der Waals surface area contributed by atoms with Crippen molar-refractivity contribution in [2.75, 3.05) is 4.90 Å². The molecular weight excluding hydrogens is 308 g/mol. The molecule has 0 amide bonds. The Balaban J connectivity index is 1.61. The van der Waals surface area contributed by atoms with E-state index in [1.54, 1.807) is 0 Å². The molecule has 0 radical (unpaired) electrons. The largest absolute Gasteiger partial charge is 0.359 e. The highest BCUT2D eigenvalue weighted by Gasteiger charge is 2.65. The topological polar surface area (TPSA) is 29.3 Å². The van der Waals surface area contributed by atoms with Gasteiger partial charge in [0.1, 0.15) is 0 Å². The second-order valence-corrected chi connectivity index (χ2v) is 9.07. The summed E-state index contributed by atoms with van der Waals surface area (Å²) in [5.74, 6) is 4.56. The molecule has 4 bridgehead atoms. The second-order valence-electron chi connectivity index (χ2n) is 9.07. The Morgan fingerprint density at radius 1 is 1.04 bits per heavy atom. The third-order valence-electron chi connectivity index (χ3n) is 7.95. The van der Waals surface area contributed by atoms with Crippen LogP contribution in [0.2, 0.25) is 0 Å². The van der Waals surface area contributed by atoms with Crippen molar-refractivity contribution in [3.8, 4) is 0 Å². The van der Waals surface area contributed by atoms with Crippen molar-refractivity contribution in [3.05, 3.63) is 47.3 Å². The fraction of sp³-hybridized carbons (Fsp3) is 0.591. The van der Waals surface area contributed by atoms with Gasteiger partial charge in [0.2, 0.25) is 0 Å². The molecule has 2 aromatic rings. The molecule has 1 spiro atoms. The van der Waals surface area contributed by atoms with Crippen LogP contribution in [0.1, 0.15) is 62.0 Å². The van der Waals surface area contributed by atoms with Gasteiger partial charge in [0, 0.05) is 11.3 Å². The molecule has 1 aromatic heterocycles. The molecule has 3 nitrogen and oxygen atoms in total. The molecule has 4 fully saturated rings. The highest BCUT2D eigenvalue weighted by Crippen LogP contribution is 2.68. The van der Waals surface area contributed by atoms with Gasteiger partial charge in [-0.1, -0.05) is 23.4 Å². The van der Waals surface area contributed by atoms with Gasteiger partial charge < -0.3 is 9.42 Å². The van der Waals surface area contributed by atoms with Crippen LogP contribution in [-0.2, 0) is 5.54 Å². The maximum atomic E-state index is 5.82. The third-order valence-corrected chi connectivity index (χ3v) is 7.95. The van der Waals surface area contributed by atoms with Gasteiger partial charge in [0.15, 0.2) is 5.76 Å². The Labute approximate surface area is 149 Å². The molecule has 0 unspecified atom stereocenters. The quantitative estimate of drug-likeness (QED) is 0.716. The van der Waals surface area contributed by atoms with Crippen LogP contribution in [-0.4, -0.2) is 5.16 Å². The highest BCUT2D eigenvalue weighted by molar-refractivity contribution is 5.63. The Morgan fingerprint density at radius 2 is 1.72 bits per heavy atom. The predicted octanol–water partition coefficient (Wildman–Crippen LogP) is 5.22. The molecule has 2 heterocycles. The lowest BCUT2D eigenvalue weighted by Gasteiger charge is -2.63. The van der Waals surface area contributed by atoms with Crippen molar-refractivity contribution in [1.82, 2.24) is 5.16 Å². The van der Waals surface area contributed by atoms with E-state index in [1.807, 2.05) is 0 Å². The van der Waals surface area contributed by atoms with E-state index >= 15 is 0 Å². The molecule has 7 rings (SSSR count). The normalized spacial score (nSPS) is 40.9. The first-order valence-corrected chi connectivity index (χ1v) is 9.99. The van der Waals surface area contributed by atoms with Crippen LogP contribution in [0.5, 0.6) is 0 Å². The first-order chi connectivity index (χ1) is 12.2. The first kappa shape index (κ1) is 14.4. The molecule has 5 aliphatic rings. The Hall–Kier alpha value is -1.77. The molecule has 3 heteroatoms. The number of hydrogen-bond donors (Lipinski definition) is 0. The molecular formula is C22H26N2O. The standard InChI is InChI=1S/C22H26N2O/c1-13-5-3-4-6-20(13)24-14(2)21-19(12-23-25-21)22(24)17-8-15-7-16(10-17)11-18(22)9-15/h3-6,12,14-18H,7-11H2,1-2H3/t14-,15?,16?,17?,18?,22?/m0/s1. The Bertz CT molecular complexity index is 810. The predicted molar refractivity (Wildman–Crippen MR) is 97.3 cm³/mol. The van der Waals surface area contributed by atoms with Crippen LogP contribution < -0.4 is 4.90 Å². The van der Waals surface area contributed by atoms with Crippen LogP contribution >= 0.6 is 0 Å². The molecule has 1 aliphatic heterocycles. The van der Waals surface area contributed by atoms with Crippen molar-refractivity contribution >= 4 is 5.69 Å². The zero-order chi connectivity index (χ0) is 16.8. The van der Waals surface area contributed by atoms with Gasteiger partial charge in [-0.2, -0.15) is 0 Å². The average molecular weight is 334 g/mol. The van der Waals surface area contributed by atoms with Crippen LogP contribution in [0.25, 0.3) is 0 Å². The number of rotatable bonds is 1. The number of aryl methyl sites for hydroxylation is 1. The monoisotopic (exact) mass is 334 g/mol. The summed E-state index contributed by atoms with van der Waals surface area (Å²) in [5, 5.41) is 4.25. The van der Waals surface area contributed by atoms with Gasteiger partial charge in [0.25, 0.3) is 0 Å². The molecule has 4 saturated carbocycles. The molecule has 25 heavy (non-hydrogen) atoms. The van der Waals surface area contributed by atoms with E-state index in [2.05, 4.69) is 54.4 Å². The smallest absolute Gasteiger partial charge is 0.164 e. The summed E-state index contributed by atoms with van der Waals surface area (Å²) < 4.78 is 5.82. The van der Waals surface area contributed by atoms with Gasteiger partial charge in [-0.15, -0.1) is 0 Å². The number of para-hydroxylation sites is 1. The maximum Gasteiger partial charge on any atom is 0.164 e. The summed E-state index contributed by atoms with van der Waals surface area (Å²) in [6, 6.07) is 9.19. The maximum absolute atomic E-state index is 5.82. The molecule has 1 atom stereocenters. The van der Waals surface area contributed by atoms with Crippen LogP contribution in [0.4, 0.5) is 5.69 Å². The number of nitrogens with zero attached hydrogens (tertiary/aromatic N) is 2. The highest BCUT2D eigenvalue weighted by atomic mass is 16.5. The minimum absolute atomic E-state index is 0.119. The number of benzene rings is 1. The van der Waals surface area contributed by atoms with Crippen LogP contribution in [0, 0.1) is 30.6 Å². The van der Waals surface area contributed by atoms with Crippen molar-refractivity contribution in [1.29, 1.82) is 0 Å². The van der Waals surface area contributed by atoms with Gasteiger partial charge in [-0.25, -0.2) is 0 Å². The number of anilines is 1. The summed E-state index contributed by atoms with van der Waals surface area (Å²) in [6.45, 7) is 4.57. The van der Waals surface area contributed by atoms with E-state index in [9.17, 15) is 0 Å². The summed E-state index contributed by atoms with van der Waals surface area (Å²) in [4.78, 5) is 2.76. The Morgan fingerprint density at radius 3 is 2.40 bits per heavy atom. The first-order valence-electron chi connectivity index (χ1n) is 9.99. The third kappa shape index (κ3) is 1.61. The average Bonchev–Trinajstić information content (AvgIpc) is 3.15. The van der Waals surface area contributed by atoms with Crippen molar-refractivity contribution in [3.63, 3.8) is 0 Å². The second kappa shape index (κ2) is 4.69. The van der Waals surface area contributed by atoms with E-state index in [-0.39, 0.29) is 11.6 Å². The lowest BCUT2D eigenvalue weighted by molar-refractivity contribution is -0.0603. The lowest BCUT2D eigenvalue weighted by atomic mass is 9.47. The minimum Gasteiger partial charge on any atom is -0.359 e. The fourth-order valence-electron chi connectivity index (χ4n) is 7.40. The SMILES string of the molecule is Cc1ccccc1N1[C@@H](C)c2oncc2C12C1CC3CC(C1)CC2C3. The summed E-state index contributed by atoms with van der Waals surface area (Å²) in [7, 11) is 0. The van der Waals surface area contributed by atoms with Gasteiger partial charge >= 0.3 is 0 Å². The summed E-state index contributed by atoms with van der Waals surface area (Å²) in [6.07, 6.45) is 9.13. The van der Waals surface area contributed by atoms with E-state index in [1.165, 1.54) is 48.9 Å². The van der Waals surface area contributed by atoms with Crippen molar-refractivity contribution in [2.24, 2.45) is 23.7 Å². The fourth-order valence-corrected chi connectivity index (χ4v) is 7.40. The van der Waals surface area contributed by atoms with Crippen molar-refractivity contribution < 1.29 is 4.52 Å². The summed E-state index contributed by atoms with van der Waals surface area (Å²) in [5.41, 5.74) is 4.31. The van der Waals surface area contributed by atoms with E-state index in [4.69, 9.17) is 4.52 Å². The van der Waals surface area contributed by atoms with E-state index in [0.29, 0.717) is 0 Å².